The van der Waals surface area contributed by atoms with Crippen LogP contribution in [0.4, 0.5) is 5.69 Å². The third kappa shape index (κ3) is 7.23. The van der Waals surface area contributed by atoms with E-state index in [1.54, 1.807) is 37.3 Å². The fourth-order valence-electron chi connectivity index (χ4n) is 4.86. The van der Waals surface area contributed by atoms with Crippen LogP contribution in [0.5, 0.6) is 0 Å². The van der Waals surface area contributed by atoms with Gasteiger partial charge in [0.15, 0.2) is 0 Å². The molecule has 1 N–H and O–H groups in total. The number of sulfonamides is 1. The molecule has 1 fully saturated rings. The molecule has 0 aromatic heterocycles. The lowest BCUT2D eigenvalue weighted by Gasteiger charge is -2.32. The predicted molar refractivity (Wildman–Crippen MR) is 159 cm³/mol. The second-order valence-corrected chi connectivity index (χ2v) is 12.8. The summed E-state index contributed by atoms with van der Waals surface area (Å²) in [5.41, 5.74) is 3.09. The van der Waals surface area contributed by atoms with E-state index >= 15 is 0 Å². The van der Waals surface area contributed by atoms with Gasteiger partial charge in [0.25, 0.3) is 10.0 Å². The van der Waals surface area contributed by atoms with Crippen molar-refractivity contribution in [2.75, 3.05) is 10.8 Å². The standard InChI is InChI=1S/C31H36ClN3O4S/c1-22-11-15-25(16-12-22)20-34(24(3)31(37)33-27-8-4-5-9-27)30(36)21-35(28-10-6-7-26(32)19-28)40(38,39)29-17-13-23(2)14-18-29/h6-7,10-19,24,27H,4-5,8-9,20-21H2,1-3H3,(H,33,37)/t24-/m0/s1. The minimum atomic E-state index is -4.13. The van der Waals surface area contributed by atoms with E-state index in [0.717, 1.165) is 46.7 Å². The van der Waals surface area contributed by atoms with Crippen molar-refractivity contribution in [3.05, 3.63) is 94.5 Å². The van der Waals surface area contributed by atoms with Crippen LogP contribution >= 0.6 is 11.6 Å². The Labute approximate surface area is 242 Å². The number of rotatable bonds is 10. The number of carbonyl (C=O) groups excluding carboxylic acids is 2. The summed E-state index contributed by atoms with van der Waals surface area (Å²) in [6.45, 7) is 5.20. The van der Waals surface area contributed by atoms with Gasteiger partial charge in [-0.1, -0.05) is 78.0 Å². The van der Waals surface area contributed by atoms with Crippen LogP contribution in [0.2, 0.25) is 5.02 Å². The van der Waals surface area contributed by atoms with E-state index in [2.05, 4.69) is 5.32 Å². The molecule has 7 nitrogen and oxygen atoms in total. The second-order valence-electron chi connectivity index (χ2n) is 10.5. The molecule has 0 heterocycles. The van der Waals surface area contributed by atoms with Crippen LogP contribution in [0.15, 0.2) is 77.7 Å². The lowest BCUT2D eigenvalue weighted by molar-refractivity contribution is -0.139. The van der Waals surface area contributed by atoms with Crippen LogP contribution in [0.25, 0.3) is 0 Å². The Bertz CT molecular complexity index is 1440. The monoisotopic (exact) mass is 581 g/mol. The van der Waals surface area contributed by atoms with Gasteiger partial charge in [0.2, 0.25) is 11.8 Å². The third-order valence-corrected chi connectivity index (χ3v) is 9.35. The Morgan fingerprint density at radius 3 is 2.15 bits per heavy atom. The summed E-state index contributed by atoms with van der Waals surface area (Å²) in [6.07, 6.45) is 3.97. The van der Waals surface area contributed by atoms with Crippen LogP contribution in [-0.4, -0.2) is 43.8 Å². The number of nitrogens with one attached hydrogen (secondary N) is 1. The highest BCUT2D eigenvalue weighted by Gasteiger charge is 2.33. The van der Waals surface area contributed by atoms with Gasteiger partial charge >= 0.3 is 0 Å². The number of aryl methyl sites for hydroxylation is 2. The summed E-state index contributed by atoms with van der Waals surface area (Å²) in [7, 11) is -4.13. The summed E-state index contributed by atoms with van der Waals surface area (Å²) < 4.78 is 28.8. The number of hydrogen-bond donors (Lipinski definition) is 1. The van der Waals surface area contributed by atoms with Crippen molar-refractivity contribution in [2.24, 2.45) is 0 Å². The summed E-state index contributed by atoms with van der Waals surface area (Å²) >= 11 is 6.23. The Morgan fingerprint density at radius 2 is 1.55 bits per heavy atom. The molecular weight excluding hydrogens is 546 g/mol. The molecule has 0 radical (unpaired) electrons. The van der Waals surface area contributed by atoms with Crippen LogP contribution < -0.4 is 9.62 Å². The van der Waals surface area contributed by atoms with Gasteiger partial charge in [-0.05, 0) is 69.5 Å². The molecule has 0 unspecified atom stereocenters. The van der Waals surface area contributed by atoms with Gasteiger partial charge in [0, 0.05) is 17.6 Å². The van der Waals surface area contributed by atoms with Crippen molar-refractivity contribution >= 4 is 39.1 Å². The zero-order valence-electron chi connectivity index (χ0n) is 23.1. The number of hydrogen-bond acceptors (Lipinski definition) is 4. The normalized spacial score (nSPS) is 14.5. The number of halogens is 1. The maximum absolute atomic E-state index is 14.0. The van der Waals surface area contributed by atoms with E-state index in [4.69, 9.17) is 11.6 Å². The van der Waals surface area contributed by atoms with E-state index in [9.17, 15) is 18.0 Å². The Balaban J connectivity index is 1.68. The van der Waals surface area contributed by atoms with Crippen molar-refractivity contribution in [1.82, 2.24) is 10.2 Å². The predicted octanol–water partition coefficient (Wildman–Crippen LogP) is 5.63. The van der Waals surface area contributed by atoms with Crippen molar-refractivity contribution < 1.29 is 18.0 Å². The Hall–Kier alpha value is -3.36. The minimum absolute atomic E-state index is 0.0583. The van der Waals surface area contributed by atoms with E-state index in [1.165, 1.54) is 23.1 Å². The van der Waals surface area contributed by atoms with Crippen LogP contribution in [0.1, 0.15) is 49.3 Å². The first-order valence-electron chi connectivity index (χ1n) is 13.5. The molecule has 3 aromatic carbocycles. The van der Waals surface area contributed by atoms with Gasteiger partial charge in [-0.3, -0.25) is 13.9 Å². The maximum Gasteiger partial charge on any atom is 0.264 e. The number of anilines is 1. The summed E-state index contributed by atoms with van der Waals surface area (Å²) in [6, 6.07) is 19.9. The van der Waals surface area contributed by atoms with Crippen molar-refractivity contribution in [2.45, 2.75) is 70.0 Å². The van der Waals surface area contributed by atoms with E-state index in [0.29, 0.717) is 5.02 Å². The summed E-state index contributed by atoms with van der Waals surface area (Å²) in [5.74, 6) is -0.742. The highest BCUT2D eigenvalue weighted by molar-refractivity contribution is 7.92. The van der Waals surface area contributed by atoms with Gasteiger partial charge in [0.1, 0.15) is 12.6 Å². The van der Waals surface area contributed by atoms with Gasteiger partial charge in [-0.2, -0.15) is 0 Å². The van der Waals surface area contributed by atoms with Gasteiger partial charge in [-0.15, -0.1) is 0 Å². The summed E-state index contributed by atoms with van der Waals surface area (Å²) in [5, 5.41) is 3.42. The quantitative estimate of drug-likeness (QED) is 0.336. The molecule has 1 saturated carbocycles. The average Bonchev–Trinajstić information content (AvgIpc) is 3.44. The maximum atomic E-state index is 14.0. The minimum Gasteiger partial charge on any atom is -0.352 e. The van der Waals surface area contributed by atoms with Crippen molar-refractivity contribution in [3.63, 3.8) is 0 Å². The van der Waals surface area contributed by atoms with Gasteiger partial charge in [-0.25, -0.2) is 8.42 Å². The Kier molecular flexibility index (Phi) is 9.53. The molecule has 9 heteroatoms. The van der Waals surface area contributed by atoms with Crippen LogP contribution in [-0.2, 0) is 26.2 Å². The zero-order chi connectivity index (χ0) is 28.9. The number of benzene rings is 3. The molecule has 4 rings (SSSR count). The molecule has 0 saturated heterocycles. The molecule has 0 aliphatic heterocycles. The zero-order valence-corrected chi connectivity index (χ0v) is 24.7. The molecular formula is C31H36ClN3O4S. The number of nitrogens with zero attached hydrogens (tertiary/aromatic N) is 2. The van der Waals surface area contributed by atoms with E-state index in [1.807, 2.05) is 38.1 Å². The molecule has 0 bridgehead atoms. The fourth-order valence-corrected chi connectivity index (χ4v) is 6.45. The van der Waals surface area contributed by atoms with Gasteiger partial charge < -0.3 is 10.2 Å². The first-order chi connectivity index (χ1) is 19.0. The first kappa shape index (κ1) is 29.6. The lowest BCUT2D eigenvalue weighted by atomic mass is 10.1. The molecule has 1 aliphatic rings. The second kappa shape index (κ2) is 12.9. The molecule has 212 valence electrons. The number of carbonyl (C=O) groups is 2. The molecule has 2 amide bonds. The SMILES string of the molecule is Cc1ccc(CN(C(=O)CN(c2cccc(Cl)c2)S(=O)(=O)c2ccc(C)cc2)[C@@H](C)C(=O)NC2CCCC2)cc1. The average molecular weight is 582 g/mol. The lowest BCUT2D eigenvalue weighted by Crippen LogP contribution is -2.52. The van der Waals surface area contributed by atoms with Gasteiger partial charge in [0.05, 0.1) is 10.6 Å². The fraction of sp³-hybridized carbons (Fsp3) is 0.355. The molecule has 0 spiro atoms. The van der Waals surface area contributed by atoms with Crippen LogP contribution in [0, 0.1) is 13.8 Å². The largest absolute Gasteiger partial charge is 0.352 e. The molecule has 40 heavy (non-hydrogen) atoms. The highest BCUT2D eigenvalue weighted by atomic mass is 35.5. The smallest absolute Gasteiger partial charge is 0.264 e. The molecule has 3 aromatic rings. The van der Waals surface area contributed by atoms with E-state index in [-0.39, 0.29) is 29.1 Å². The number of amides is 2. The van der Waals surface area contributed by atoms with E-state index < -0.39 is 28.5 Å². The molecule has 1 aliphatic carbocycles. The first-order valence-corrected chi connectivity index (χ1v) is 15.4. The summed E-state index contributed by atoms with van der Waals surface area (Å²) in [4.78, 5) is 28.8. The third-order valence-electron chi connectivity index (χ3n) is 7.33. The van der Waals surface area contributed by atoms with Crippen molar-refractivity contribution in [1.29, 1.82) is 0 Å². The van der Waals surface area contributed by atoms with Crippen molar-refractivity contribution in [3.8, 4) is 0 Å². The van der Waals surface area contributed by atoms with Crippen LogP contribution in [0.3, 0.4) is 0 Å². The topological polar surface area (TPSA) is 86.8 Å². The highest BCUT2D eigenvalue weighted by Crippen LogP contribution is 2.27. The molecule has 1 atom stereocenters. The Morgan fingerprint density at radius 1 is 0.950 bits per heavy atom.